The normalized spacial score (nSPS) is 13.5. The average molecular weight is 334 g/mol. The second-order valence-electron chi connectivity index (χ2n) is 6.42. The number of benzene rings is 1. The molecule has 0 saturated carbocycles. The quantitative estimate of drug-likeness (QED) is 0.805. The lowest BCUT2D eigenvalue weighted by molar-refractivity contribution is -0.136. The molecule has 1 heterocycles. The molecule has 0 aliphatic carbocycles. The number of hydrogen-bond acceptors (Lipinski definition) is 4. The smallest absolute Gasteiger partial charge is 0.232 e. The van der Waals surface area contributed by atoms with Crippen LogP contribution in [0.1, 0.15) is 31.4 Å². The topological polar surface area (TPSA) is 67.9 Å². The molecule has 0 radical (unpaired) electrons. The predicted octanol–water partition coefficient (Wildman–Crippen LogP) is 1.75. The van der Waals surface area contributed by atoms with Crippen molar-refractivity contribution < 1.29 is 19.1 Å². The van der Waals surface area contributed by atoms with Crippen LogP contribution < -0.4 is 14.8 Å². The van der Waals surface area contributed by atoms with Crippen LogP contribution in [0.2, 0.25) is 0 Å². The lowest BCUT2D eigenvalue weighted by Gasteiger charge is -2.29. The molecule has 1 aliphatic rings. The summed E-state index contributed by atoms with van der Waals surface area (Å²) in [5, 5.41) is 2.78. The Morgan fingerprint density at radius 3 is 2.38 bits per heavy atom. The van der Waals surface area contributed by atoms with Crippen LogP contribution >= 0.6 is 0 Å². The van der Waals surface area contributed by atoms with E-state index in [0.29, 0.717) is 37.1 Å². The fraction of sp³-hybridized carbons (Fsp3) is 0.556. The number of fused-ring (bicyclic) bond motifs is 1. The fourth-order valence-corrected chi connectivity index (χ4v) is 2.73. The molecule has 1 aromatic carbocycles. The second kappa shape index (κ2) is 8.04. The van der Waals surface area contributed by atoms with Gasteiger partial charge in [-0.15, -0.1) is 0 Å². The molecule has 0 spiro atoms. The van der Waals surface area contributed by atoms with E-state index in [-0.39, 0.29) is 18.2 Å². The van der Waals surface area contributed by atoms with Gasteiger partial charge in [-0.25, -0.2) is 0 Å². The first-order valence-electron chi connectivity index (χ1n) is 8.22. The maximum atomic E-state index is 12.3. The molecule has 0 fully saturated rings. The highest BCUT2D eigenvalue weighted by Gasteiger charge is 2.24. The standard InChI is InChI=1S/C18H26N2O4/c1-12(2)10-19-17(21)9-18(22)20-6-5-13-7-15(23-3)16(24-4)8-14(13)11-20/h7-8,12H,5-6,9-11H2,1-4H3,(H,19,21). The van der Waals surface area contributed by atoms with Crippen LogP contribution in [0.5, 0.6) is 11.5 Å². The van der Waals surface area contributed by atoms with Gasteiger partial charge in [0, 0.05) is 19.6 Å². The Labute approximate surface area is 143 Å². The van der Waals surface area contributed by atoms with Crippen LogP contribution in [0, 0.1) is 5.92 Å². The third-order valence-corrected chi connectivity index (χ3v) is 4.09. The summed E-state index contributed by atoms with van der Waals surface area (Å²) >= 11 is 0. The number of ether oxygens (including phenoxy) is 2. The van der Waals surface area contributed by atoms with E-state index in [1.165, 1.54) is 0 Å². The molecule has 0 unspecified atom stereocenters. The van der Waals surface area contributed by atoms with Crippen molar-refractivity contribution in [1.29, 1.82) is 0 Å². The van der Waals surface area contributed by atoms with E-state index >= 15 is 0 Å². The molecular weight excluding hydrogens is 308 g/mol. The molecule has 1 aliphatic heterocycles. The monoisotopic (exact) mass is 334 g/mol. The van der Waals surface area contributed by atoms with Gasteiger partial charge in [-0.2, -0.15) is 0 Å². The number of nitrogens with one attached hydrogen (secondary N) is 1. The molecule has 2 amide bonds. The maximum absolute atomic E-state index is 12.3. The van der Waals surface area contributed by atoms with Gasteiger partial charge in [0.15, 0.2) is 11.5 Å². The summed E-state index contributed by atoms with van der Waals surface area (Å²) in [4.78, 5) is 25.9. The molecule has 24 heavy (non-hydrogen) atoms. The van der Waals surface area contributed by atoms with E-state index in [1.54, 1.807) is 19.1 Å². The van der Waals surface area contributed by atoms with Crippen LogP contribution in [0.25, 0.3) is 0 Å². The minimum absolute atomic E-state index is 0.102. The van der Waals surface area contributed by atoms with Gasteiger partial charge < -0.3 is 19.7 Å². The van der Waals surface area contributed by atoms with Crippen molar-refractivity contribution in [2.24, 2.45) is 5.92 Å². The van der Waals surface area contributed by atoms with E-state index in [4.69, 9.17) is 9.47 Å². The van der Waals surface area contributed by atoms with E-state index < -0.39 is 0 Å². The Morgan fingerprint density at radius 1 is 1.17 bits per heavy atom. The molecule has 1 aromatic rings. The van der Waals surface area contributed by atoms with E-state index in [2.05, 4.69) is 5.32 Å². The van der Waals surface area contributed by atoms with Gasteiger partial charge in [-0.05, 0) is 35.6 Å². The zero-order valence-electron chi connectivity index (χ0n) is 14.8. The number of methoxy groups -OCH3 is 2. The number of hydrogen-bond donors (Lipinski definition) is 1. The third kappa shape index (κ3) is 4.40. The summed E-state index contributed by atoms with van der Waals surface area (Å²) in [7, 11) is 3.20. The van der Waals surface area contributed by atoms with Crippen molar-refractivity contribution in [3.63, 3.8) is 0 Å². The molecule has 6 heteroatoms. The highest BCUT2D eigenvalue weighted by molar-refractivity contribution is 5.96. The molecule has 132 valence electrons. The van der Waals surface area contributed by atoms with Gasteiger partial charge in [0.05, 0.1) is 14.2 Å². The van der Waals surface area contributed by atoms with E-state index in [0.717, 1.165) is 17.5 Å². The van der Waals surface area contributed by atoms with Gasteiger partial charge in [-0.3, -0.25) is 9.59 Å². The van der Waals surface area contributed by atoms with Gasteiger partial charge in [0.2, 0.25) is 11.8 Å². The Balaban J connectivity index is 2.01. The summed E-state index contributed by atoms with van der Waals surface area (Å²) in [6, 6.07) is 3.87. The van der Waals surface area contributed by atoms with Crippen molar-refractivity contribution in [3.05, 3.63) is 23.3 Å². The SMILES string of the molecule is COc1cc2c(cc1OC)CN(C(=O)CC(=O)NCC(C)C)CC2. The summed E-state index contributed by atoms with van der Waals surface area (Å²) in [6.07, 6.45) is 0.643. The fourth-order valence-electron chi connectivity index (χ4n) is 2.73. The van der Waals surface area contributed by atoms with Crippen molar-refractivity contribution in [2.45, 2.75) is 33.2 Å². The molecule has 0 bridgehead atoms. The third-order valence-electron chi connectivity index (χ3n) is 4.09. The Bertz CT molecular complexity index is 613. The van der Waals surface area contributed by atoms with Gasteiger partial charge in [0.25, 0.3) is 0 Å². The van der Waals surface area contributed by atoms with Gasteiger partial charge in [0.1, 0.15) is 6.42 Å². The molecule has 2 rings (SSSR count). The second-order valence-corrected chi connectivity index (χ2v) is 6.42. The predicted molar refractivity (Wildman–Crippen MR) is 91.1 cm³/mol. The first-order chi connectivity index (χ1) is 11.4. The minimum atomic E-state index is -0.216. The van der Waals surface area contributed by atoms with Crippen LogP contribution in [-0.2, 0) is 22.6 Å². The van der Waals surface area contributed by atoms with Crippen LogP contribution in [0.4, 0.5) is 0 Å². The van der Waals surface area contributed by atoms with E-state index in [9.17, 15) is 9.59 Å². The maximum Gasteiger partial charge on any atom is 0.232 e. The average Bonchev–Trinajstić information content (AvgIpc) is 2.57. The number of carbonyl (C=O) groups is 2. The highest BCUT2D eigenvalue weighted by atomic mass is 16.5. The van der Waals surface area contributed by atoms with Gasteiger partial charge in [-0.1, -0.05) is 13.8 Å². The van der Waals surface area contributed by atoms with Gasteiger partial charge >= 0.3 is 0 Å². The minimum Gasteiger partial charge on any atom is -0.493 e. The van der Waals surface area contributed by atoms with Crippen LogP contribution in [0.15, 0.2) is 12.1 Å². The van der Waals surface area contributed by atoms with Crippen molar-refractivity contribution in [3.8, 4) is 11.5 Å². The zero-order chi connectivity index (χ0) is 17.7. The zero-order valence-corrected chi connectivity index (χ0v) is 14.8. The molecule has 0 atom stereocenters. The van der Waals surface area contributed by atoms with Crippen LogP contribution in [0.3, 0.4) is 0 Å². The van der Waals surface area contributed by atoms with Crippen molar-refractivity contribution >= 4 is 11.8 Å². The van der Waals surface area contributed by atoms with Crippen molar-refractivity contribution in [1.82, 2.24) is 10.2 Å². The lowest BCUT2D eigenvalue weighted by atomic mass is 9.98. The first kappa shape index (κ1) is 18.1. The van der Waals surface area contributed by atoms with Crippen molar-refractivity contribution in [2.75, 3.05) is 27.3 Å². The summed E-state index contributed by atoms with van der Waals surface area (Å²) < 4.78 is 10.6. The molecule has 6 nitrogen and oxygen atoms in total. The Morgan fingerprint density at radius 2 is 1.79 bits per heavy atom. The summed E-state index contributed by atoms with van der Waals surface area (Å²) in [5.41, 5.74) is 2.19. The largest absolute Gasteiger partial charge is 0.493 e. The Kier molecular flexibility index (Phi) is 6.06. The lowest BCUT2D eigenvalue weighted by Crippen LogP contribution is -2.39. The molecule has 1 N–H and O–H groups in total. The summed E-state index contributed by atoms with van der Waals surface area (Å²) in [6.45, 7) is 5.73. The van der Waals surface area contributed by atoms with E-state index in [1.807, 2.05) is 26.0 Å². The number of nitrogens with zero attached hydrogens (tertiary/aromatic N) is 1. The molecule has 0 saturated heterocycles. The summed E-state index contributed by atoms with van der Waals surface area (Å²) in [5.74, 6) is 1.36. The highest BCUT2D eigenvalue weighted by Crippen LogP contribution is 2.33. The number of amides is 2. The Hall–Kier alpha value is -2.24. The first-order valence-corrected chi connectivity index (χ1v) is 8.22. The molecule has 0 aromatic heterocycles. The number of carbonyl (C=O) groups excluding carboxylic acids is 2. The number of rotatable bonds is 6. The molecular formula is C18H26N2O4. The van der Waals surface area contributed by atoms with Crippen LogP contribution in [-0.4, -0.2) is 44.0 Å².